The summed E-state index contributed by atoms with van der Waals surface area (Å²) in [5, 5.41) is 0. The van der Waals surface area contributed by atoms with Crippen LogP contribution < -0.4 is 0 Å². The van der Waals surface area contributed by atoms with E-state index in [0.29, 0.717) is 9.81 Å². The Balaban J connectivity index is 2.41. The maximum atomic E-state index is 11.4. The van der Waals surface area contributed by atoms with E-state index in [4.69, 9.17) is 0 Å². The fraction of sp³-hybridized carbons (Fsp3) is 0.429. The second kappa shape index (κ2) is 2.81. The molecule has 0 atom stereocenters. The Bertz CT molecular complexity index is 270. The number of hydrogen-bond donors (Lipinski definition) is 0. The number of likely N-dealkylation sites (N-methyl/N-ethyl adjacent to an activating group) is 1. The minimum absolute atomic E-state index is 0.132. The summed E-state index contributed by atoms with van der Waals surface area (Å²) in [4.78, 5) is 25.2. The first-order valence-corrected chi connectivity index (χ1v) is 5.51. The lowest BCUT2D eigenvalue weighted by Gasteiger charge is -2.07. The van der Waals surface area contributed by atoms with Crippen LogP contribution in [-0.2, 0) is 9.59 Å². The van der Waals surface area contributed by atoms with Crippen molar-refractivity contribution >= 4 is 35.3 Å². The third-order valence-corrected chi connectivity index (χ3v) is 4.32. The lowest BCUT2D eigenvalue weighted by Crippen LogP contribution is -2.26. The minimum atomic E-state index is -0.132. The molecule has 64 valence electrons. The molecule has 12 heavy (non-hydrogen) atoms. The standard InChI is InChI=1S/C7H7NO2S2/c1-8-6(9)4-5(7(8)10)12-3-2-11-4/h2-3H2,1H3. The molecule has 0 aromatic rings. The number of thioether (sulfide) groups is 2. The van der Waals surface area contributed by atoms with Crippen molar-refractivity contribution in [1.82, 2.24) is 4.90 Å². The number of carbonyl (C=O) groups excluding carboxylic acids is 2. The summed E-state index contributed by atoms with van der Waals surface area (Å²) in [5.41, 5.74) is 0. The average molecular weight is 201 g/mol. The Hall–Kier alpha value is -0.420. The molecule has 0 saturated heterocycles. The van der Waals surface area contributed by atoms with Crippen LogP contribution in [0.4, 0.5) is 0 Å². The van der Waals surface area contributed by atoms with Crippen LogP contribution in [0.2, 0.25) is 0 Å². The highest BCUT2D eigenvalue weighted by Gasteiger charge is 2.37. The van der Waals surface area contributed by atoms with Gasteiger partial charge in [-0.2, -0.15) is 0 Å². The molecule has 0 unspecified atom stereocenters. The normalized spacial score (nSPS) is 23.6. The van der Waals surface area contributed by atoms with Crippen molar-refractivity contribution in [2.45, 2.75) is 0 Å². The third kappa shape index (κ3) is 0.998. The molecule has 5 heteroatoms. The van der Waals surface area contributed by atoms with Crippen molar-refractivity contribution in [3.05, 3.63) is 9.81 Å². The molecule has 0 bridgehead atoms. The molecule has 3 nitrogen and oxygen atoms in total. The van der Waals surface area contributed by atoms with E-state index in [0.717, 1.165) is 11.5 Å². The van der Waals surface area contributed by atoms with Gasteiger partial charge >= 0.3 is 0 Å². The predicted octanol–water partition coefficient (Wildman–Crippen LogP) is 0.677. The first kappa shape index (κ1) is 8.19. The van der Waals surface area contributed by atoms with E-state index in [-0.39, 0.29) is 11.8 Å². The van der Waals surface area contributed by atoms with E-state index in [1.165, 1.54) is 35.5 Å². The molecule has 2 heterocycles. The second-order valence-corrected chi connectivity index (χ2v) is 4.73. The van der Waals surface area contributed by atoms with E-state index >= 15 is 0 Å². The summed E-state index contributed by atoms with van der Waals surface area (Å²) < 4.78 is 0. The number of hydrogen-bond acceptors (Lipinski definition) is 4. The van der Waals surface area contributed by atoms with Crippen LogP contribution in [0.5, 0.6) is 0 Å². The van der Waals surface area contributed by atoms with E-state index in [9.17, 15) is 9.59 Å². The van der Waals surface area contributed by atoms with Gasteiger partial charge in [-0.3, -0.25) is 14.5 Å². The van der Waals surface area contributed by atoms with Crippen LogP contribution in [-0.4, -0.2) is 35.3 Å². The zero-order valence-corrected chi connectivity index (χ0v) is 8.13. The van der Waals surface area contributed by atoms with Gasteiger partial charge in [-0.25, -0.2) is 0 Å². The van der Waals surface area contributed by atoms with Gasteiger partial charge in [0.15, 0.2) is 0 Å². The van der Waals surface area contributed by atoms with Crippen molar-refractivity contribution < 1.29 is 9.59 Å². The number of nitrogens with zero attached hydrogens (tertiary/aromatic N) is 1. The lowest BCUT2D eigenvalue weighted by molar-refractivity contribution is -0.135. The van der Waals surface area contributed by atoms with E-state index in [1.807, 2.05) is 0 Å². The summed E-state index contributed by atoms with van der Waals surface area (Å²) in [6.45, 7) is 0. The van der Waals surface area contributed by atoms with Crippen molar-refractivity contribution in [2.75, 3.05) is 18.6 Å². The maximum Gasteiger partial charge on any atom is 0.268 e. The topological polar surface area (TPSA) is 37.4 Å². The fourth-order valence-electron chi connectivity index (χ4n) is 1.13. The van der Waals surface area contributed by atoms with Crippen molar-refractivity contribution in [1.29, 1.82) is 0 Å². The molecule has 2 aliphatic rings. The molecule has 0 spiro atoms. The number of carbonyl (C=O) groups is 2. The predicted molar refractivity (Wildman–Crippen MR) is 49.7 cm³/mol. The van der Waals surface area contributed by atoms with Gasteiger partial charge in [0.25, 0.3) is 11.8 Å². The van der Waals surface area contributed by atoms with Crippen LogP contribution in [0.1, 0.15) is 0 Å². The summed E-state index contributed by atoms with van der Waals surface area (Å²) in [7, 11) is 1.53. The Morgan fingerprint density at radius 2 is 1.50 bits per heavy atom. The molecule has 2 aliphatic heterocycles. The zero-order chi connectivity index (χ0) is 8.72. The molecule has 0 N–H and O–H groups in total. The highest BCUT2D eigenvalue weighted by Crippen LogP contribution is 2.39. The molecule has 0 fully saturated rings. The molecule has 0 aliphatic carbocycles. The SMILES string of the molecule is CN1C(=O)C2=C(SCCS2)C1=O. The molecule has 0 radical (unpaired) electrons. The smallest absolute Gasteiger partial charge is 0.268 e. The van der Waals surface area contributed by atoms with Gasteiger partial charge in [-0.15, -0.1) is 23.5 Å². The highest BCUT2D eigenvalue weighted by molar-refractivity contribution is 8.11. The first-order chi connectivity index (χ1) is 5.72. The quantitative estimate of drug-likeness (QED) is 0.540. The Labute approximate surface area is 78.6 Å². The number of rotatable bonds is 0. The second-order valence-electron chi connectivity index (χ2n) is 2.52. The van der Waals surface area contributed by atoms with Gasteiger partial charge in [0.2, 0.25) is 0 Å². The van der Waals surface area contributed by atoms with E-state index in [2.05, 4.69) is 0 Å². The van der Waals surface area contributed by atoms with Crippen LogP contribution in [0.15, 0.2) is 9.81 Å². The monoisotopic (exact) mass is 201 g/mol. The van der Waals surface area contributed by atoms with Gasteiger partial charge in [-0.05, 0) is 0 Å². The van der Waals surface area contributed by atoms with Crippen LogP contribution in [0, 0.1) is 0 Å². The first-order valence-electron chi connectivity index (χ1n) is 3.54. The van der Waals surface area contributed by atoms with Crippen molar-refractivity contribution in [3.63, 3.8) is 0 Å². The summed E-state index contributed by atoms with van der Waals surface area (Å²) in [6, 6.07) is 0. The average Bonchev–Trinajstić information content (AvgIpc) is 2.33. The molecule has 2 amide bonds. The Morgan fingerprint density at radius 3 is 1.92 bits per heavy atom. The summed E-state index contributed by atoms with van der Waals surface area (Å²) in [5.74, 6) is 1.59. The van der Waals surface area contributed by atoms with Gasteiger partial charge < -0.3 is 0 Å². The Morgan fingerprint density at radius 1 is 1.08 bits per heavy atom. The molecular weight excluding hydrogens is 194 g/mol. The highest BCUT2D eigenvalue weighted by atomic mass is 32.2. The van der Waals surface area contributed by atoms with Crippen LogP contribution >= 0.6 is 23.5 Å². The molecule has 0 aromatic carbocycles. The Kier molecular flexibility index (Phi) is 1.92. The molecule has 0 saturated carbocycles. The molecule has 0 aromatic heterocycles. The minimum Gasteiger partial charge on any atom is -0.277 e. The van der Waals surface area contributed by atoms with Crippen LogP contribution in [0.3, 0.4) is 0 Å². The van der Waals surface area contributed by atoms with E-state index in [1.54, 1.807) is 0 Å². The summed E-state index contributed by atoms with van der Waals surface area (Å²) >= 11 is 2.99. The zero-order valence-electron chi connectivity index (χ0n) is 6.49. The van der Waals surface area contributed by atoms with Crippen molar-refractivity contribution in [3.8, 4) is 0 Å². The maximum absolute atomic E-state index is 11.4. The molecular formula is C7H7NO2S2. The van der Waals surface area contributed by atoms with Crippen LogP contribution in [0.25, 0.3) is 0 Å². The number of amides is 2. The third-order valence-electron chi connectivity index (χ3n) is 1.78. The fourth-order valence-corrected chi connectivity index (χ4v) is 3.52. The van der Waals surface area contributed by atoms with Gasteiger partial charge in [0, 0.05) is 18.6 Å². The van der Waals surface area contributed by atoms with Gasteiger partial charge in [-0.1, -0.05) is 0 Å². The molecule has 2 rings (SSSR count). The van der Waals surface area contributed by atoms with E-state index < -0.39 is 0 Å². The summed E-state index contributed by atoms with van der Waals surface area (Å²) in [6.07, 6.45) is 0. The largest absolute Gasteiger partial charge is 0.277 e. The number of imide groups is 1. The van der Waals surface area contributed by atoms with Gasteiger partial charge in [0.05, 0.1) is 9.81 Å². The van der Waals surface area contributed by atoms with Gasteiger partial charge in [0.1, 0.15) is 0 Å². The lowest BCUT2D eigenvalue weighted by atomic mass is 10.5. The van der Waals surface area contributed by atoms with Crippen molar-refractivity contribution in [2.24, 2.45) is 0 Å².